The lowest BCUT2D eigenvalue weighted by Crippen LogP contribution is -2.57. The summed E-state index contributed by atoms with van der Waals surface area (Å²) in [6.45, 7) is 8.06. The van der Waals surface area contributed by atoms with Crippen molar-refractivity contribution in [3.8, 4) is 0 Å². The number of carbonyl (C=O) groups excluding carboxylic acids is 2. The minimum atomic E-state index is 0.178. The number of hydrogen-bond donors (Lipinski definition) is 1. The molecule has 126 valence electrons. The van der Waals surface area contributed by atoms with E-state index in [2.05, 4.69) is 19.2 Å². The lowest BCUT2D eigenvalue weighted by Gasteiger charge is -2.41. The van der Waals surface area contributed by atoms with Crippen molar-refractivity contribution in [2.75, 3.05) is 44.2 Å². The van der Waals surface area contributed by atoms with Crippen LogP contribution in [0.3, 0.4) is 0 Å². The fourth-order valence-electron chi connectivity index (χ4n) is 3.01. The van der Waals surface area contributed by atoms with Crippen molar-refractivity contribution < 1.29 is 9.59 Å². The van der Waals surface area contributed by atoms with E-state index >= 15 is 0 Å². The summed E-state index contributed by atoms with van der Waals surface area (Å²) in [6.07, 6.45) is 3.19. The van der Waals surface area contributed by atoms with Crippen LogP contribution < -0.4 is 5.32 Å². The maximum atomic E-state index is 12.3. The normalized spacial score (nSPS) is 23.2. The molecule has 2 rings (SSSR count). The van der Waals surface area contributed by atoms with Crippen molar-refractivity contribution >= 4 is 23.6 Å². The van der Waals surface area contributed by atoms with Crippen molar-refractivity contribution in [3.63, 3.8) is 0 Å². The van der Waals surface area contributed by atoms with Gasteiger partial charge in [0, 0.05) is 32.2 Å². The second-order valence-corrected chi connectivity index (χ2v) is 7.74. The Hall–Kier alpha value is -0.750. The first-order chi connectivity index (χ1) is 10.6. The van der Waals surface area contributed by atoms with E-state index < -0.39 is 0 Å². The van der Waals surface area contributed by atoms with Crippen molar-refractivity contribution in [3.05, 3.63) is 0 Å². The van der Waals surface area contributed by atoms with Crippen LogP contribution in [-0.2, 0) is 9.59 Å². The van der Waals surface area contributed by atoms with Gasteiger partial charge in [-0.1, -0.05) is 13.8 Å². The summed E-state index contributed by atoms with van der Waals surface area (Å²) in [5.41, 5.74) is 0. The highest BCUT2D eigenvalue weighted by molar-refractivity contribution is 7.99. The topological polar surface area (TPSA) is 52.7 Å². The van der Waals surface area contributed by atoms with Crippen LogP contribution in [0.15, 0.2) is 0 Å². The Morgan fingerprint density at radius 2 is 2.23 bits per heavy atom. The van der Waals surface area contributed by atoms with Gasteiger partial charge in [0.25, 0.3) is 0 Å². The lowest BCUT2D eigenvalue weighted by atomic mass is 10.0. The summed E-state index contributed by atoms with van der Waals surface area (Å²) < 4.78 is 0. The second kappa shape index (κ2) is 8.77. The van der Waals surface area contributed by atoms with Crippen molar-refractivity contribution in [2.24, 2.45) is 5.92 Å². The molecule has 2 aliphatic heterocycles. The monoisotopic (exact) mass is 327 g/mol. The lowest BCUT2D eigenvalue weighted by molar-refractivity contribution is -0.139. The Bertz CT molecular complexity index is 390. The van der Waals surface area contributed by atoms with Crippen LogP contribution in [0.2, 0.25) is 0 Å². The van der Waals surface area contributed by atoms with E-state index in [1.807, 2.05) is 9.80 Å². The number of amides is 2. The van der Waals surface area contributed by atoms with Crippen LogP contribution in [0.5, 0.6) is 0 Å². The smallest absolute Gasteiger partial charge is 0.236 e. The van der Waals surface area contributed by atoms with Crippen LogP contribution in [0.25, 0.3) is 0 Å². The summed E-state index contributed by atoms with van der Waals surface area (Å²) in [4.78, 5) is 28.3. The van der Waals surface area contributed by atoms with Crippen molar-refractivity contribution in [1.82, 2.24) is 15.1 Å². The molecule has 2 saturated heterocycles. The van der Waals surface area contributed by atoms with Crippen LogP contribution >= 0.6 is 11.8 Å². The largest absolute Gasteiger partial charge is 0.340 e. The van der Waals surface area contributed by atoms with Crippen LogP contribution in [0.1, 0.15) is 33.1 Å². The molecular weight excluding hydrogens is 298 g/mol. The molecule has 0 aromatic carbocycles. The average Bonchev–Trinajstić information content (AvgIpc) is 2.52. The molecule has 5 nitrogen and oxygen atoms in total. The fourth-order valence-corrected chi connectivity index (χ4v) is 4.15. The first-order valence-corrected chi connectivity index (χ1v) is 9.59. The first-order valence-electron chi connectivity index (χ1n) is 8.43. The predicted octanol–water partition coefficient (Wildman–Crippen LogP) is 1.19. The summed E-state index contributed by atoms with van der Waals surface area (Å²) in [5, 5.41) is 3.11. The summed E-state index contributed by atoms with van der Waals surface area (Å²) in [7, 11) is 0. The highest BCUT2D eigenvalue weighted by Gasteiger charge is 2.31. The molecule has 0 aliphatic carbocycles. The predicted molar refractivity (Wildman–Crippen MR) is 91.0 cm³/mol. The van der Waals surface area contributed by atoms with Crippen molar-refractivity contribution in [2.45, 2.75) is 39.2 Å². The van der Waals surface area contributed by atoms with Gasteiger partial charge in [-0.05, 0) is 30.9 Å². The Morgan fingerprint density at radius 1 is 1.41 bits per heavy atom. The summed E-state index contributed by atoms with van der Waals surface area (Å²) in [6, 6.07) is 0.216. The minimum Gasteiger partial charge on any atom is -0.340 e. The summed E-state index contributed by atoms with van der Waals surface area (Å²) in [5.74, 6) is 2.74. The number of nitrogens with one attached hydrogen (secondary N) is 1. The number of piperidine rings is 1. The molecule has 0 radical (unpaired) electrons. The van der Waals surface area contributed by atoms with Gasteiger partial charge in [-0.15, -0.1) is 0 Å². The highest BCUT2D eigenvalue weighted by Crippen LogP contribution is 2.18. The molecule has 0 aromatic rings. The molecule has 0 spiro atoms. The first kappa shape index (κ1) is 17.6. The van der Waals surface area contributed by atoms with E-state index in [0.29, 0.717) is 18.2 Å². The molecule has 0 saturated carbocycles. The number of hydrogen-bond acceptors (Lipinski definition) is 4. The Labute approximate surface area is 138 Å². The third kappa shape index (κ3) is 5.16. The number of carbonyl (C=O) groups is 2. The molecule has 22 heavy (non-hydrogen) atoms. The van der Waals surface area contributed by atoms with E-state index in [4.69, 9.17) is 0 Å². The van der Waals surface area contributed by atoms with Crippen LogP contribution in [-0.4, -0.2) is 71.9 Å². The number of piperazine rings is 1. The molecule has 1 atom stereocenters. The van der Waals surface area contributed by atoms with Gasteiger partial charge in [-0.2, -0.15) is 11.8 Å². The molecule has 1 N–H and O–H groups in total. The van der Waals surface area contributed by atoms with E-state index in [1.54, 1.807) is 11.8 Å². The van der Waals surface area contributed by atoms with Gasteiger partial charge in [-0.25, -0.2) is 0 Å². The fraction of sp³-hybridized carbons (Fsp3) is 0.875. The Kier molecular flexibility index (Phi) is 7.02. The average molecular weight is 327 g/mol. The van der Waals surface area contributed by atoms with Gasteiger partial charge in [0.1, 0.15) is 0 Å². The molecule has 2 aliphatic rings. The Morgan fingerprint density at radius 3 is 2.95 bits per heavy atom. The van der Waals surface area contributed by atoms with E-state index in [0.717, 1.165) is 51.2 Å². The number of nitrogens with zero attached hydrogens (tertiary/aromatic N) is 2. The molecule has 2 fully saturated rings. The maximum Gasteiger partial charge on any atom is 0.236 e. The minimum absolute atomic E-state index is 0.178. The van der Waals surface area contributed by atoms with E-state index in [-0.39, 0.29) is 17.9 Å². The molecule has 2 amide bonds. The van der Waals surface area contributed by atoms with Crippen LogP contribution in [0, 0.1) is 5.92 Å². The zero-order chi connectivity index (χ0) is 15.9. The third-order valence-corrected chi connectivity index (χ3v) is 5.36. The quantitative estimate of drug-likeness (QED) is 0.745. The zero-order valence-electron chi connectivity index (χ0n) is 13.8. The van der Waals surface area contributed by atoms with Gasteiger partial charge < -0.3 is 15.1 Å². The van der Waals surface area contributed by atoms with Gasteiger partial charge >= 0.3 is 0 Å². The molecule has 0 aromatic heterocycles. The second-order valence-electron chi connectivity index (χ2n) is 6.63. The zero-order valence-corrected chi connectivity index (χ0v) is 14.7. The van der Waals surface area contributed by atoms with E-state index in [1.165, 1.54) is 0 Å². The molecule has 1 unspecified atom stereocenters. The van der Waals surface area contributed by atoms with Crippen molar-refractivity contribution in [1.29, 1.82) is 0 Å². The Balaban J connectivity index is 1.77. The molecule has 2 heterocycles. The number of rotatable bonds is 6. The molecular formula is C16H29N3O2S. The highest BCUT2D eigenvalue weighted by atomic mass is 32.2. The molecule has 0 bridgehead atoms. The van der Waals surface area contributed by atoms with Gasteiger partial charge in [-0.3, -0.25) is 9.59 Å². The maximum absolute atomic E-state index is 12.3. The molecule has 6 heteroatoms. The van der Waals surface area contributed by atoms with E-state index in [9.17, 15) is 9.59 Å². The SMILES string of the molecule is CC(C)CCSCC(=O)N1CCCC(N2CCNCC2=O)C1. The van der Waals surface area contributed by atoms with Gasteiger partial charge in [0.05, 0.1) is 12.3 Å². The van der Waals surface area contributed by atoms with Crippen LogP contribution in [0.4, 0.5) is 0 Å². The van der Waals surface area contributed by atoms with Gasteiger partial charge in [0.2, 0.25) is 11.8 Å². The number of likely N-dealkylation sites (tertiary alicyclic amines) is 1. The standard InChI is InChI=1S/C16H29N3O2S/c1-13(2)5-9-22-12-16(21)18-7-3-4-14(11-18)19-8-6-17-10-15(19)20/h13-14,17H,3-12H2,1-2H3. The summed E-state index contributed by atoms with van der Waals surface area (Å²) >= 11 is 1.74. The van der Waals surface area contributed by atoms with Gasteiger partial charge in [0.15, 0.2) is 0 Å². The third-order valence-electron chi connectivity index (χ3n) is 4.38. The number of thioether (sulfide) groups is 1.